The van der Waals surface area contributed by atoms with Gasteiger partial charge in [0, 0.05) is 34.5 Å². The molecule has 5 rings (SSSR count). The average Bonchev–Trinajstić information content (AvgIpc) is 3.52. The molecule has 2 N–H and O–H groups in total. The maximum absolute atomic E-state index is 13.5. The number of anilines is 1. The summed E-state index contributed by atoms with van der Waals surface area (Å²) in [6.45, 7) is 0.577. The van der Waals surface area contributed by atoms with Crippen LogP contribution < -0.4 is 15.5 Å². The van der Waals surface area contributed by atoms with Crippen LogP contribution in [0.5, 0.6) is 5.75 Å². The normalized spacial score (nSPS) is 21.7. The second kappa shape index (κ2) is 13.9. The minimum atomic E-state index is -3.58. The van der Waals surface area contributed by atoms with Crippen molar-refractivity contribution < 1.29 is 32.3 Å². The molecule has 11 heteroatoms. The van der Waals surface area contributed by atoms with E-state index in [-0.39, 0.29) is 18.1 Å². The summed E-state index contributed by atoms with van der Waals surface area (Å²) in [7, 11) is -2.00. The van der Waals surface area contributed by atoms with Gasteiger partial charge in [0.15, 0.2) is 16.1 Å². The second-order valence-electron chi connectivity index (χ2n) is 10.7. The largest absolute Gasteiger partial charge is 0.497 e. The zero-order chi connectivity index (χ0) is 30.3. The Labute approximate surface area is 256 Å². The summed E-state index contributed by atoms with van der Waals surface area (Å²) in [5.41, 5.74) is 4.88. The SMILES string of the molecule is COc1ccc(NC(=O)C=Cc2ccc(-c3ccc([C@@]4(CC(=O)NOC5CCCCO5)CCCCS4(=O)=O)s3)cc2)cc1. The molecule has 43 heavy (non-hydrogen) atoms. The van der Waals surface area contributed by atoms with Crippen molar-refractivity contribution >= 4 is 44.8 Å². The Hall–Kier alpha value is -3.51. The number of hydrogen-bond acceptors (Lipinski definition) is 8. The molecule has 2 saturated heterocycles. The maximum Gasteiger partial charge on any atom is 0.248 e. The van der Waals surface area contributed by atoms with Gasteiger partial charge in [-0.05, 0) is 79.3 Å². The van der Waals surface area contributed by atoms with Crippen LogP contribution in [0.3, 0.4) is 0 Å². The number of carbonyl (C=O) groups is 2. The van der Waals surface area contributed by atoms with E-state index in [0.717, 1.165) is 35.3 Å². The van der Waals surface area contributed by atoms with Crippen LogP contribution in [-0.2, 0) is 33.7 Å². The molecular formula is C32H36N2O7S2. The minimum absolute atomic E-state index is 0.0488. The summed E-state index contributed by atoms with van der Waals surface area (Å²) in [5, 5.41) is 2.81. The summed E-state index contributed by atoms with van der Waals surface area (Å²) in [4.78, 5) is 32.3. The molecule has 228 valence electrons. The van der Waals surface area contributed by atoms with Crippen LogP contribution in [0.4, 0.5) is 5.69 Å². The Morgan fingerprint density at radius 3 is 2.51 bits per heavy atom. The number of ether oxygens (including phenoxy) is 2. The molecule has 9 nitrogen and oxygen atoms in total. The highest BCUT2D eigenvalue weighted by molar-refractivity contribution is 7.92. The summed E-state index contributed by atoms with van der Waals surface area (Å²) in [6, 6.07) is 18.5. The summed E-state index contributed by atoms with van der Waals surface area (Å²) in [5.74, 6) is 0.0359. The van der Waals surface area contributed by atoms with Crippen LogP contribution >= 0.6 is 11.3 Å². The molecule has 1 unspecified atom stereocenters. The number of methoxy groups -OCH3 is 1. The highest BCUT2D eigenvalue weighted by Crippen LogP contribution is 2.47. The first-order valence-corrected chi connectivity index (χ1v) is 16.9. The van der Waals surface area contributed by atoms with Crippen LogP contribution in [0.25, 0.3) is 16.5 Å². The van der Waals surface area contributed by atoms with Gasteiger partial charge in [-0.3, -0.25) is 9.59 Å². The predicted octanol–water partition coefficient (Wildman–Crippen LogP) is 5.83. The zero-order valence-electron chi connectivity index (χ0n) is 24.0. The summed E-state index contributed by atoms with van der Waals surface area (Å²) < 4.78 is 36.4. The first-order chi connectivity index (χ1) is 20.8. The van der Waals surface area contributed by atoms with Gasteiger partial charge in [0.2, 0.25) is 11.8 Å². The van der Waals surface area contributed by atoms with Gasteiger partial charge < -0.3 is 14.8 Å². The fraction of sp³-hybridized carbons (Fsp3) is 0.375. The van der Waals surface area contributed by atoms with Crippen molar-refractivity contribution in [3.8, 4) is 16.2 Å². The molecule has 3 aromatic rings. The molecule has 2 aliphatic heterocycles. The number of benzene rings is 2. The standard InChI is InChI=1S/C32H36N2O7S2/c1-39-26-14-12-25(13-15-26)33-29(35)18-9-23-7-10-24(11-8-23)27-16-17-28(42-27)32(19-3-5-21-43(32,37)38)22-30(36)34-41-31-6-2-4-20-40-31/h7-18,31H,2-6,19-22H2,1H3,(H,33,35)(H,34,36)/t31?,32-/m0/s1. The third-order valence-electron chi connectivity index (χ3n) is 7.76. The number of nitrogens with one attached hydrogen (secondary N) is 2. The lowest BCUT2D eigenvalue weighted by Crippen LogP contribution is -2.45. The topological polar surface area (TPSA) is 120 Å². The Morgan fingerprint density at radius 2 is 1.81 bits per heavy atom. The van der Waals surface area contributed by atoms with Crippen LogP contribution in [0, 0.1) is 0 Å². The van der Waals surface area contributed by atoms with Crippen molar-refractivity contribution in [1.29, 1.82) is 0 Å². The maximum atomic E-state index is 13.5. The van der Waals surface area contributed by atoms with E-state index in [2.05, 4.69) is 10.8 Å². The van der Waals surface area contributed by atoms with Gasteiger partial charge in [0.25, 0.3) is 0 Å². The molecule has 0 saturated carbocycles. The quantitative estimate of drug-likeness (QED) is 0.215. The van der Waals surface area contributed by atoms with Crippen LogP contribution in [0.15, 0.2) is 66.7 Å². The van der Waals surface area contributed by atoms with Crippen molar-refractivity contribution in [1.82, 2.24) is 5.48 Å². The van der Waals surface area contributed by atoms with Gasteiger partial charge in [-0.25, -0.2) is 18.7 Å². The van der Waals surface area contributed by atoms with E-state index in [1.54, 1.807) is 37.5 Å². The van der Waals surface area contributed by atoms with Crippen molar-refractivity contribution in [3.05, 3.63) is 77.2 Å². The van der Waals surface area contributed by atoms with Gasteiger partial charge in [-0.2, -0.15) is 0 Å². The van der Waals surface area contributed by atoms with E-state index in [4.69, 9.17) is 14.3 Å². The van der Waals surface area contributed by atoms with E-state index in [0.29, 0.717) is 42.2 Å². The minimum Gasteiger partial charge on any atom is -0.497 e. The third kappa shape index (κ3) is 7.53. The number of sulfone groups is 1. The molecule has 0 radical (unpaired) electrons. The molecule has 2 aromatic carbocycles. The van der Waals surface area contributed by atoms with Gasteiger partial charge in [-0.1, -0.05) is 30.7 Å². The van der Waals surface area contributed by atoms with E-state index >= 15 is 0 Å². The number of hydroxylamine groups is 1. The molecule has 0 bridgehead atoms. The number of rotatable bonds is 10. The molecule has 2 atom stereocenters. The fourth-order valence-corrected chi connectivity index (χ4v) is 9.16. The van der Waals surface area contributed by atoms with Crippen molar-refractivity contribution in [2.45, 2.75) is 56.0 Å². The van der Waals surface area contributed by atoms with Crippen LogP contribution in [0.2, 0.25) is 0 Å². The van der Waals surface area contributed by atoms with Crippen LogP contribution in [-0.4, -0.2) is 46.0 Å². The lowest BCUT2D eigenvalue weighted by molar-refractivity contribution is -0.200. The second-order valence-corrected chi connectivity index (χ2v) is 14.2. The first-order valence-electron chi connectivity index (χ1n) is 14.4. The lowest BCUT2D eigenvalue weighted by atomic mass is 9.94. The number of thiophene rings is 1. The van der Waals surface area contributed by atoms with E-state index in [1.807, 2.05) is 36.4 Å². The van der Waals surface area contributed by atoms with E-state index in [9.17, 15) is 18.0 Å². The molecule has 0 aliphatic carbocycles. The van der Waals surface area contributed by atoms with E-state index in [1.165, 1.54) is 17.4 Å². The van der Waals surface area contributed by atoms with Crippen molar-refractivity contribution in [2.24, 2.45) is 0 Å². The number of amides is 2. The van der Waals surface area contributed by atoms with Crippen molar-refractivity contribution in [3.63, 3.8) is 0 Å². The predicted molar refractivity (Wildman–Crippen MR) is 167 cm³/mol. The Balaban J connectivity index is 1.26. The highest BCUT2D eigenvalue weighted by atomic mass is 32.2. The smallest absolute Gasteiger partial charge is 0.248 e. The first kappa shape index (κ1) is 30.9. The molecule has 2 aliphatic rings. The number of hydrogen-bond donors (Lipinski definition) is 2. The monoisotopic (exact) mass is 624 g/mol. The van der Waals surface area contributed by atoms with Crippen LogP contribution in [0.1, 0.15) is 55.4 Å². The Morgan fingerprint density at radius 1 is 1.02 bits per heavy atom. The number of carbonyl (C=O) groups excluding carboxylic acids is 2. The Kier molecular flexibility index (Phi) is 9.97. The average molecular weight is 625 g/mol. The van der Waals surface area contributed by atoms with Gasteiger partial charge in [0.05, 0.1) is 19.3 Å². The van der Waals surface area contributed by atoms with Crippen molar-refractivity contribution in [2.75, 3.05) is 24.8 Å². The molecule has 2 fully saturated rings. The van der Waals surface area contributed by atoms with Gasteiger partial charge >= 0.3 is 0 Å². The molecule has 2 amide bonds. The Bertz CT molecular complexity index is 1540. The fourth-order valence-electron chi connectivity index (χ4n) is 5.37. The van der Waals surface area contributed by atoms with E-state index < -0.39 is 26.8 Å². The third-order valence-corrected chi connectivity index (χ3v) is 11.8. The summed E-state index contributed by atoms with van der Waals surface area (Å²) in [6.07, 6.45) is 6.76. The molecular weight excluding hydrogens is 588 g/mol. The molecule has 0 spiro atoms. The summed E-state index contributed by atoms with van der Waals surface area (Å²) >= 11 is 1.39. The molecule has 3 heterocycles. The van der Waals surface area contributed by atoms with Gasteiger partial charge in [0.1, 0.15) is 10.5 Å². The highest BCUT2D eigenvalue weighted by Gasteiger charge is 2.49. The van der Waals surface area contributed by atoms with Gasteiger partial charge in [-0.15, -0.1) is 11.3 Å². The zero-order valence-corrected chi connectivity index (χ0v) is 25.7. The molecule has 1 aromatic heterocycles. The lowest BCUT2D eigenvalue weighted by Gasteiger charge is -2.35.